The Morgan fingerprint density at radius 3 is 2.76 bits per heavy atom. The SMILES string of the molecule is COc1nc(N2CCN(Cc3ccc4c(c3)OCO4)CC2)ncc1Br. The molecule has 8 heteroatoms. The summed E-state index contributed by atoms with van der Waals surface area (Å²) < 4.78 is 16.8. The Balaban J connectivity index is 1.37. The predicted octanol–water partition coefficient (Wildman–Crippen LogP) is 2.30. The molecular formula is C17H19BrN4O3. The quantitative estimate of drug-likeness (QED) is 0.771. The van der Waals surface area contributed by atoms with Crippen LogP contribution in [0.15, 0.2) is 28.9 Å². The van der Waals surface area contributed by atoms with E-state index in [-0.39, 0.29) is 0 Å². The Morgan fingerprint density at radius 2 is 1.96 bits per heavy atom. The summed E-state index contributed by atoms with van der Waals surface area (Å²) in [7, 11) is 1.61. The molecule has 0 aliphatic carbocycles. The standard InChI is InChI=1S/C17H19BrN4O3/c1-23-16-13(18)9-19-17(20-16)22-6-4-21(5-7-22)10-12-2-3-14-15(8-12)25-11-24-14/h2-3,8-9H,4-7,10-11H2,1H3. The highest BCUT2D eigenvalue weighted by Crippen LogP contribution is 2.33. The van der Waals surface area contributed by atoms with Gasteiger partial charge in [0.2, 0.25) is 18.6 Å². The van der Waals surface area contributed by atoms with Crippen molar-refractivity contribution < 1.29 is 14.2 Å². The molecule has 0 amide bonds. The van der Waals surface area contributed by atoms with Gasteiger partial charge in [-0.3, -0.25) is 4.90 Å². The van der Waals surface area contributed by atoms with E-state index >= 15 is 0 Å². The summed E-state index contributed by atoms with van der Waals surface area (Å²) >= 11 is 3.39. The molecule has 7 nitrogen and oxygen atoms in total. The smallest absolute Gasteiger partial charge is 0.232 e. The highest BCUT2D eigenvalue weighted by Gasteiger charge is 2.21. The first-order chi connectivity index (χ1) is 12.2. The number of benzene rings is 1. The molecule has 25 heavy (non-hydrogen) atoms. The predicted molar refractivity (Wildman–Crippen MR) is 96.3 cm³/mol. The van der Waals surface area contributed by atoms with Crippen molar-refractivity contribution in [1.29, 1.82) is 0 Å². The van der Waals surface area contributed by atoms with E-state index in [9.17, 15) is 0 Å². The molecule has 2 aromatic rings. The summed E-state index contributed by atoms with van der Waals surface area (Å²) in [6.45, 7) is 4.89. The molecule has 0 bridgehead atoms. The van der Waals surface area contributed by atoms with Crippen LogP contribution in [0.2, 0.25) is 0 Å². The summed E-state index contributed by atoms with van der Waals surface area (Å²) in [5.41, 5.74) is 1.24. The molecule has 2 aliphatic rings. The van der Waals surface area contributed by atoms with Gasteiger partial charge in [-0.1, -0.05) is 6.07 Å². The molecule has 1 aromatic heterocycles. The average molecular weight is 407 g/mol. The van der Waals surface area contributed by atoms with Gasteiger partial charge in [0.25, 0.3) is 0 Å². The number of methoxy groups -OCH3 is 1. The summed E-state index contributed by atoms with van der Waals surface area (Å²) in [5, 5.41) is 0. The van der Waals surface area contributed by atoms with Gasteiger partial charge in [-0.25, -0.2) is 4.98 Å². The van der Waals surface area contributed by atoms with Gasteiger partial charge in [0.15, 0.2) is 11.5 Å². The number of anilines is 1. The second-order valence-corrected chi connectivity index (χ2v) is 6.83. The zero-order valence-electron chi connectivity index (χ0n) is 13.9. The lowest BCUT2D eigenvalue weighted by Crippen LogP contribution is -2.46. The minimum Gasteiger partial charge on any atom is -0.480 e. The number of nitrogens with zero attached hydrogens (tertiary/aromatic N) is 4. The van der Waals surface area contributed by atoms with Gasteiger partial charge in [-0.15, -0.1) is 0 Å². The van der Waals surface area contributed by atoms with Crippen LogP contribution in [0.3, 0.4) is 0 Å². The maximum Gasteiger partial charge on any atom is 0.232 e. The van der Waals surface area contributed by atoms with Crippen molar-refractivity contribution >= 4 is 21.9 Å². The minimum absolute atomic E-state index is 0.314. The maximum absolute atomic E-state index is 5.45. The number of hydrogen-bond acceptors (Lipinski definition) is 7. The van der Waals surface area contributed by atoms with E-state index in [0.717, 1.165) is 48.7 Å². The normalized spacial score (nSPS) is 17.0. The second-order valence-electron chi connectivity index (χ2n) is 5.98. The first-order valence-electron chi connectivity index (χ1n) is 8.15. The molecule has 0 radical (unpaired) electrons. The second kappa shape index (κ2) is 7.05. The minimum atomic E-state index is 0.314. The van der Waals surface area contributed by atoms with E-state index in [0.29, 0.717) is 18.6 Å². The van der Waals surface area contributed by atoms with Gasteiger partial charge in [-0.05, 0) is 33.6 Å². The number of piperazine rings is 1. The number of aromatic nitrogens is 2. The fourth-order valence-corrected chi connectivity index (χ4v) is 3.39. The van der Waals surface area contributed by atoms with Crippen LogP contribution in [0, 0.1) is 0 Å². The van der Waals surface area contributed by atoms with Crippen LogP contribution in [-0.4, -0.2) is 54.9 Å². The van der Waals surface area contributed by atoms with E-state index in [1.807, 2.05) is 6.07 Å². The maximum atomic E-state index is 5.45. The van der Waals surface area contributed by atoms with E-state index in [4.69, 9.17) is 14.2 Å². The third-order valence-electron chi connectivity index (χ3n) is 4.39. The molecule has 1 aromatic carbocycles. The van der Waals surface area contributed by atoms with Gasteiger partial charge >= 0.3 is 0 Å². The molecule has 0 atom stereocenters. The summed E-state index contributed by atoms with van der Waals surface area (Å²) in [5.74, 6) is 2.94. The Kier molecular flexibility index (Phi) is 4.63. The zero-order chi connectivity index (χ0) is 17.2. The molecule has 1 saturated heterocycles. The number of fused-ring (bicyclic) bond motifs is 1. The Hall–Kier alpha value is -2.06. The first-order valence-corrected chi connectivity index (χ1v) is 8.94. The monoisotopic (exact) mass is 406 g/mol. The summed E-state index contributed by atoms with van der Waals surface area (Å²) in [4.78, 5) is 13.5. The zero-order valence-corrected chi connectivity index (χ0v) is 15.5. The molecule has 132 valence electrons. The first kappa shape index (κ1) is 16.4. The largest absolute Gasteiger partial charge is 0.480 e. The van der Waals surface area contributed by atoms with Gasteiger partial charge < -0.3 is 19.1 Å². The van der Waals surface area contributed by atoms with Crippen LogP contribution in [0.4, 0.5) is 5.95 Å². The lowest BCUT2D eigenvalue weighted by atomic mass is 10.1. The molecule has 3 heterocycles. The van der Waals surface area contributed by atoms with Crippen molar-refractivity contribution in [3.63, 3.8) is 0 Å². The third kappa shape index (κ3) is 3.50. The molecule has 0 spiro atoms. The lowest BCUT2D eigenvalue weighted by molar-refractivity contribution is 0.174. The van der Waals surface area contributed by atoms with Crippen molar-refractivity contribution in [2.75, 3.05) is 45.0 Å². The fourth-order valence-electron chi connectivity index (χ4n) is 3.04. The van der Waals surface area contributed by atoms with Crippen LogP contribution in [0.5, 0.6) is 17.4 Å². The van der Waals surface area contributed by atoms with Gasteiger partial charge in [-0.2, -0.15) is 4.98 Å². The summed E-state index contributed by atoms with van der Waals surface area (Å²) in [6.07, 6.45) is 1.74. The van der Waals surface area contributed by atoms with E-state index in [1.54, 1.807) is 13.3 Å². The van der Waals surface area contributed by atoms with Crippen LogP contribution in [0.1, 0.15) is 5.56 Å². The van der Waals surface area contributed by atoms with Gasteiger partial charge in [0.05, 0.1) is 17.8 Å². The third-order valence-corrected chi connectivity index (χ3v) is 4.93. The fraction of sp³-hybridized carbons (Fsp3) is 0.412. The molecule has 0 saturated carbocycles. The van der Waals surface area contributed by atoms with Crippen molar-refractivity contribution in [1.82, 2.24) is 14.9 Å². The Morgan fingerprint density at radius 1 is 1.16 bits per heavy atom. The van der Waals surface area contributed by atoms with Crippen LogP contribution < -0.4 is 19.1 Å². The van der Waals surface area contributed by atoms with Crippen LogP contribution >= 0.6 is 15.9 Å². The number of halogens is 1. The van der Waals surface area contributed by atoms with Crippen molar-refractivity contribution in [2.45, 2.75) is 6.54 Å². The number of ether oxygens (including phenoxy) is 3. The van der Waals surface area contributed by atoms with E-state index in [2.05, 4.69) is 47.8 Å². The van der Waals surface area contributed by atoms with Crippen molar-refractivity contribution in [2.24, 2.45) is 0 Å². The summed E-state index contributed by atoms with van der Waals surface area (Å²) in [6, 6.07) is 6.15. The highest BCUT2D eigenvalue weighted by molar-refractivity contribution is 9.10. The Labute approximate surface area is 154 Å². The number of hydrogen-bond donors (Lipinski definition) is 0. The molecule has 2 aliphatic heterocycles. The number of rotatable bonds is 4. The molecular weight excluding hydrogens is 388 g/mol. The molecule has 4 rings (SSSR count). The highest BCUT2D eigenvalue weighted by atomic mass is 79.9. The van der Waals surface area contributed by atoms with E-state index < -0.39 is 0 Å². The molecule has 0 unspecified atom stereocenters. The Bertz CT molecular complexity index is 766. The molecule has 1 fully saturated rings. The topological polar surface area (TPSA) is 60.0 Å². The van der Waals surface area contributed by atoms with Crippen molar-refractivity contribution in [3.05, 3.63) is 34.4 Å². The average Bonchev–Trinajstić information content (AvgIpc) is 3.11. The van der Waals surface area contributed by atoms with Crippen LogP contribution in [-0.2, 0) is 6.54 Å². The lowest BCUT2D eigenvalue weighted by Gasteiger charge is -2.34. The molecule has 0 N–H and O–H groups in total. The van der Waals surface area contributed by atoms with Crippen LogP contribution in [0.25, 0.3) is 0 Å². The van der Waals surface area contributed by atoms with Gasteiger partial charge in [0.1, 0.15) is 0 Å². The van der Waals surface area contributed by atoms with E-state index in [1.165, 1.54) is 5.56 Å². The van der Waals surface area contributed by atoms with Gasteiger partial charge in [0, 0.05) is 32.7 Å². The van der Waals surface area contributed by atoms with Crippen molar-refractivity contribution in [3.8, 4) is 17.4 Å².